The van der Waals surface area contributed by atoms with E-state index in [0.29, 0.717) is 28.7 Å². The summed E-state index contributed by atoms with van der Waals surface area (Å²) in [5.41, 5.74) is 2.78. The van der Waals surface area contributed by atoms with Crippen molar-refractivity contribution in [2.75, 3.05) is 64.1 Å². The predicted molar refractivity (Wildman–Crippen MR) is 163 cm³/mol. The van der Waals surface area contributed by atoms with Gasteiger partial charge in [0, 0.05) is 68.2 Å². The number of likely N-dealkylation sites (N-methyl/N-ethyl adjacent to an activating group) is 1. The number of urea groups is 1. The zero-order valence-electron chi connectivity index (χ0n) is 24.0. The monoisotopic (exact) mass is 564 g/mol. The molecule has 4 rings (SSSR count). The lowest BCUT2D eigenvalue weighted by molar-refractivity contribution is 0.0964. The van der Waals surface area contributed by atoms with Crippen LogP contribution in [0.25, 0.3) is 11.1 Å². The van der Waals surface area contributed by atoms with Crippen molar-refractivity contribution >= 4 is 34.0 Å². The Morgan fingerprint density at radius 2 is 1.80 bits per heavy atom. The second kappa shape index (κ2) is 13.3. The highest BCUT2D eigenvalue weighted by atomic mass is 32.1. The van der Waals surface area contributed by atoms with E-state index >= 15 is 0 Å². The first-order valence-electron chi connectivity index (χ1n) is 13.7. The molecule has 1 aliphatic heterocycles. The van der Waals surface area contributed by atoms with Crippen molar-refractivity contribution in [1.82, 2.24) is 20.1 Å². The number of hydrogen-bond acceptors (Lipinski definition) is 7. The lowest BCUT2D eigenvalue weighted by Gasteiger charge is -2.32. The minimum absolute atomic E-state index is 0.141. The van der Waals surface area contributed by atoms with E-state index in [4.69, 9.17) is 4.74 Å². The summed E-state index contributed by atoms with van der Waals surface area (Å²) in [7, 11) is 3.74. The molecule has 1 aliphatic rings. The van der Waals surface area contributed by atoms with Crippen molar-refractivity contribution < 1.29 is 14.3 Å². The molecule has 40 heavy (non-hydrogen) atoms. The third kappa shape index (κ3) is 8.03. The van der Waals surface area contributed by atoms with Gasteiger partial charge in [-0.25, -0.2) is 9.78 Å². The summed E-state index contributed by atoms with van der Waals surface area (Å²) in [4.78, 5) is 35.6. The average molecular weight is 565 g/mol. The number of nitrogens with zero attached hydrogens (tertiary/aromatic N) is 3. The number of aromatic nitrogens is 1. The molecule has 0 aliphatic carbocycles. The molecule has 1 fully saturated rings. The van der Waals surface area contributed by atoms with Crippen molar-refractivity contribution in [1.29, 1.82) is 0 Å². The molecular formula is C30H40N6O3S. The smallest absolute Gasteiger partial charge is 0.324 e. The number of anilines is 2. The van der Waals surface area contributed by atoms with E-state index in [1.54, 1.807) is 13.2 Å². The summed E-state index contributed by atoms with van der Waals surface area (Å²) in [6.07, 6.45) is 2.75. The first-order valence-corrected chi connectivity index (χ1v) is 14.5. The van der Waals surface area contributed by atoms with Crippen LogP contribution in [0.2, 0.25) is 0 Å². The van der Waals surface area contributed by atoms with Crippen LogP contribution in [0, 0.1) is 0 Å². The summed E-state index contributed by atoms with van der Waals surface area (Å²) >= 11 is 1.41. The molecule has 0 spiro atoms. The normalized spacial score (nSPS) is 14.5. The molecule has 9 nitrogen and oxygen atoms in total. The van der Waals surface area contributed by atoms with Gasteiger partial charge < -0.3 is 25.2 Å². The van der Waals surface area contributed by atoms with Crippen LogP contribution in [0.3, 0.4) is 0 Å². The quantitative estimate of drug-likeness (QED) is 0.312. The number of rotatable bonds is 9. The highest BCUT2D eigenvalue weighted by Gasteiger charge is 2.23. The van der Waals surface area contributed by atoms with Gasteiger partial charge in [0.05, 0.1) is 12.2 Å². The van der Waals surface area contributed by atoms with Crippen LogP contribution in [0.15, 0.2) is 48.7 Å². The fourth-order valence-electron chi connectivity index (χ4n) is 4.37. The molecule has 0 unspecified atom stereocenters. The molecule has 3 N–H and O–H groups in total. The average Bonchev–Trinajstić information content (AvgIpc) is 3.36. The van der Waals surface area contributed by atoms with Crippen LogP contribution in [0.5, 0.6) is 5.88 Å². The highest BCUT2D eigenvalue weighted by Crippen LogP contribution is 2.36. The second-order valence-corrected chi connectivity index (χ2v) is 12.1. The predicted octanol–water partition coefficient (Wildman–Crippen LogP) is 5.13. The number of carbonyl (C=O) groups excluding carboxylic acids is 2. The van der Waals surface area contributed by atoms with E-state index in [0.717, 1.165) is 55.1 Å². The topological polar surface area (TPSA) is 98.8 Å². The summed E-state index contributed by atoms with van der Waals surface area (Å²) in [6, 6.07) is 12.8. The second-order valence-electron chi connectivity index (χ2n) is 11.1. The molecule has 2 aromatic heterocycles. The van der Waals surface area contributed by atoms with Gasteiger partial charge in [0.15, 0.2) is 0 Å². The Bertz CT molecular complexity index is 1290. The van der Waals surface area contributed by atoms with Gasteiger partial charge in [-0.05, 0) is 48.7 Å². The first-order chi connectivity index (χ1) is 19.1. The van der Waals surface area contributed by atoms with E-state index in [-0.39, 0.29) is 11.3 Å². The largest absolute Gasteiger partial charge is 0.478 e. The molecule has 0 bridgehead atoms. The maximum absolute atomic E-state index is 12.9. The van der Waals surface area contributed by atoms with Crippen LogP contribution < -0.4 is 20.7 Å². The van der Waals surface area contributed by atoms with Gasteiger partial charge in [-0.15, -0.1) is 11.3 Å². The first kappa shape index (κ1) is 29.5. The molecule has 0 atom stereocenters. The third-order valence-electron chi connectivity index (χ3n) is 6.82. The SMILES string of the molecule is CNC(=O)c1cc(C(C)(C)C)sc1NC(=O)Nc1cccc(-c2ccc(OCCCN3CCN(C)CC3)nc2)c1. The van der Waals surface area contributed by atoms with Gasteiger partial charge in [0.25, 0.3) is 5.91 Å². The van der Waals surface area contributed by atoms with Crippen LogP contribution in [0.1, 0.15) is 42.4 Å². The van der Waals surface area contributed by atoms with Crippen molar-refractivity contribution in [2.24, 2.45) is 0 Å². The van der Waals surface area contributed by atoms with Crippen LogP contribution in [-0.2, 0) is 5.41 Å². The zero-order chi connectivity index (χ0) is 28.7. The Kier molecular flexibility index (Phi) is 9.78. The minimum atomic E-state index is -0.414. The highest BCUT2D eigenvalue weighted by molar-refractivity contribution is 7.16. The molecule has 1 aromatic carbocycles. The third-order valence-corrected chi connectivity index (χ3v) is 8.30. The number of piperazine rings is 1. The van der Waals surface area contributed by atoms with Crippen LogP contribution >= 0.6 is 11.3 Å². The van der Waals surface area contributed by atoms with E-state index < -0.39 is 6.03 Å². The molecule has 214 valence electrons. The summed E-state index contributed by atoms with van der Waals surface area (Å²) in [5, 5.41) is 8.90. The van der Waals surface area contributed by atoms with Gasteiger partial charge in [0.1, 0.15) is 5.00 Å². The molecular weight excluding hydrogens is 524 g/mol. The summed E-state index contributed by atoms with van der Waals surface area (Å²) in [5.74, 6) is 0.368. The number of ether oxygens (including phenoxy) is 1. The zero-order valence-corrected chi connectivity index (χ0v) is 24.9. The number of amides is 3. The van der Waals surface area contributed by atoms with E-state index in [9.17, 15) is 9.59 Å². The maximum Gasteiger partial charge on any atom is 0.324 e. The Hall–Kier alpha value is -3.47. The summed E-state index contributed by atoms with van der Waals surface area (Å²) < 4.78 is 5.86. The fourth-order valence-corrected chi connectivity index (χ4v) is 5.48. The van der Waals surface area contributed by atoms with Crippen molar-refractivity contribution in [3.05, 3.63) is 59.1 Å². The van der Waals surface area contributed by atoms with Gasteiger partial charge in [-0.1, -0.05) is 32.9 Å². The van der Waals surface area contributed by atoms with Crippen molar-refractivity contribution in [3.63, 3.8) is 0 Å². The Morgan fingerprint density at radius 1 is 1.02 bits per heavy atom. The van der Waals surface area contributed by atoms with Crippen LogP contribution in [-0.4, -0.2) is 80.1 Å². The van der Waals surface area contributed by atoms with Gasteiger partial charge >= 0.3 is 6.03 Å². The Morgan fingerprint density at radius 3 is 2.48 bits per heavy atom. The van der Waals surface area contributed by atoms with Gasteiger partial charge in [0.2, 0.25) is 5.88 Å². The summed E-state index contributed by atoms with van der Waals surface area (Å²) in [6.45, 7) is 12.4. The Labute approximate surface area is 240 Å². The molecule has 3 heterocycles. The van der Waals surface area contributed by atoms with E-state index in [2.05, 4.69) is 58.6 Å². The number of benzene rings is 1. The standard InChI is InChI=1S/C30H40N6O3S/c1-30(2,3)25-19-24(27(37)31-4)28(40-25)34-29(38)33-23-9-6-8-21(18-23)22-10-11-26(32-20-22)39-17-7-12-36-15-13-35(5)14-16-36/h6,8-11,18-20H,7,12-17H2,1-5H3,(H,31,37)(H2,33,34,38). The van der Waals surface area contributed by atoms with Crippen molar-refractivity contribution in [2.45, 2.75) is 32.6 Å². The van der Waals surface area contributed by atoms with Gasteiger partial charge in [-0.3, -0.25) is 10.1 Å². The number of pyridine rings is 1. The molecule has 10 heteroatoms. The van der Waals surface area contributed by atoms with E-state index in [1.807, 2.05) is 42.5 Å². The molecule has 0 radical (unpaired) electrons. The number of carbonyl (C=O) groups is 2. The lowest BCUT2D eigenvalue weighted by atomic mass is 9.94. The minimum Gasteiger partial charge on any atom is -0.478 e. The molecule has 1 saturated heterocycles. The fraction of sp³-hybridized carbons (Fsp3) is 0.433. The molecule has 3 aromatic rings. The van der Waals surface area contributed by atoms with Gasteiger partial charge in [-0.2, -0.15) is 0 Å². The van der Waals surface area contributed by atoms with E-state index in [1.165, 1.54) is 11.3 Å². The van der Waals surface area contributed by atoms with Crippen molar-refractivity contribution in [3.8, 4) is 17.0 Å². The molecule has 3 amide bonds. The van der Waals surface area contributed by atoms with Crippen LogP contribution in [0.4, 0.5) is 15.5 Å². The number of nitrogens with one attached hydrogen (secondary N) is 3. The maximum atomic E-state index is 12.9. The number of hydrogen-bond donors (Lipinski definition) is 3. The Balaban J connectivity index is 1.32. The number of thiophene rings is 1. The molecule has 0 saturated carbocycles. The lowest BCUT2D eigenvalue weighted by Crippen LogP contribution is -2.44.